The van der Waals surface area contributed by atoms with Crippen LogP contribution in [-0.2, 0) is 6.54 Å². The predicted octanol–water partition coefficient (Wildman–Crippen LogP) is 5.03. The number of rotatable bonds is 5. The predicted molar refractivity (Wildman–Crippen MR) is 127 cm³/mol. The van der Waals surface area contributed by atoms with Gasteiger partial charge in [0, 0.05) is 41.7 Å². The Morgan fingerprint density at radius 2 is 1.94 bits per heavy atom. The summed E-state index contributed by atoms with van der Waals surface area (Å²) in [6, 6.07) is 7.13. The molecule has 1 aromatic carbocycles. The van der Waals surface area contributed by atoms with Crippen LogP contribution in [0.2, 0.25) is 5.02 Å². The van der Waals surface area contributed by atoms with E-state index in [0.29, 0.717) is 5.02 Å². The Bertz CT molecular complexity index is 1100. The number of phenolic OH excluding ortho intramolecular Hbond substituents is 1. The van der Waals surface area contributed by atoms with E-state index >= 15 is 0 Å². The molecule has 0 bridgehead atoms. The average Bonchev–Trinajstić information content (AvgIpc) is 3.11. The van der Waals surface area contributed by atoms with Gasteiger partial charge in [0.1, 0.15) is 5.75 Å². The third kappa shape index (κ3) is 4.04. The van der Waals surface area contributed by atoms with E-state index in [-0.39, 0.29) is 16.8 Å². The lowest BCUT2D eigenvalue weighted by atomic mass is 9.84. The normalized spacial score (nSPS) is 18.5. The van der Waals surface area contributed by atoms with Crippen molar-refractivity contribution in [3.05, 3.63) is 40.5 Å². The Kier molecular flexibility index (Phi) is 5.75. The molecular weight excluding hydrogens is 410 g/mol. The quantitative estimate of drug-likeness (QED) is 0.517. The second-order valence-corrected chi connectivity index (χ2v) is 9.78. The average molecular weight is 442 g/mol. The molecule has 3 aromatic rings. The van der Waals surface area contributed by atoms with Gasteiger partial charge in [0.15, 0.2) is 5.65 Å². The van der Waals surface area contributed by atoms with Crippen molar-refractivity contribution in [2.45, 2.75) is 65.1 Å². The molecule has 7 heteroatoms. The third-order valence-corrected chi connectivity index (χ3v) is 7.29. The number of nitrogens with zero attached hydrogens (tertiary/aromatic N) is 3. The van der Waals surface area contributed by atoms with E-state index in [2.05, 4.69) is 54.2 Å². The summed E-state index contributed by atoms with van der Waals surface area (Å²) in [5, 5.41) is 22.6. The number of aromatic nitrogens is 3. The van der Waals surface area contributed by atoms with Gasteiger partial charge >= 0.3 is 0 Å². The number of phenols is 1. The Morgan fingerprint density at radius 1 is 1.19 bits per heavy atom. The van der Waals surface area contributed by atoms with E-state index in [1.807, 2.05) is 13.0 Å². The molecular formula is C24H32ClN5O. The summed E-state index contributed by atoms with van der Waals surface area (Å²) >= 11 is 6.44. The maximum absolute atomic E-state index is 9.75. The van der Waals surface area contributed by atoms with Gasteiger partial charge in [0.25, 0.3) is 0 Å². The van der Waals surface area contributed by atoms with Crippen molar-refractivity contribution in [2.75, 3.05) is 13.1 Å². The van der Waals surface area contributed by atoms with Crippen LogP contribution in [0.1, 0.15) is 51.8 Å². The van der Waals surface area contributed by atoms with E-state index in [0.717, 1.165) is 60.5 Å². The van der Waals surface area contributed by atoms with Crippen LogP contribution in [0.4, 0.5) is 0 Å². The van der Waals surface area contributed by atoms with Gasteiger partial charge in [-0.1, -0.05) is 25.4 Å². The highest BCUT2D eigenvalue weighted by atomic mass is 35.5. The van der Waals surface area contributed by atoms with Crippen molar-refractivity contribution in [1.82, 2.24) is 25.4 Å². The van der Waals surface area contributed by atoms with Gasteiger partial charge in [-0.2, -0.15) is 5.10 Å². The summed E-state index contributed by atoms with van der Waals surface area (Å²) in [5.41, 5.74) is 4.64. The molecule has 3 heterocycles. The molecule has 31 heavy (non-hydrogen) atoms. The van der Waals surface area contributed by atoms with E-state index in [4.69, 9.17) is 16.6 Å². The lowest BCUT2D eigenvalue weighted by Gasteiger charge is -2.52. The number of pyridine rings is 1. The zero-order valence-electron chi connectivity index (χ0n) is 19.0. The van der Waals surface area contributed by atoms with Crippen LogP contribution in [0.3, 0.4) is 0 Å². The van der Waals surface area contributed by atoms with Crippen molar-refractivity contribution in [1.29, 1.82) is 0 Å². The number of H-pyrrole nitrogens is 1. The van der Waals surface area contributed by atoms with Crippen LogP contribution in [0, 0.1) is 6.92 Å². The smallest absolute Gasteiger partial charge is 0.156 e. The minimum absolute atomic E-state index is 0.0252. The van der Waals surface area contributed by atoms with E-state index < -0.39 is 0 Å². The molecule has 1 saturated heterocycles. The second-order valence-electron chi connectivity index (χ2n) is 9.37. The standard InChI is InChI=1S/C24H32ClN5O/c1-6-24(7-2)14-30(23(4,5)13-26-24)12-16-10-20(18-9-8-17(31)11-19(18)25)27-22-21(16)15(3)28-29-22/h8-11,26,31H,6-7,12-14H2,1-5H3,(H,27,28,29). The summed E-state index contributed by atoms with van der Waals surface area (Å²) < 4.78 is 0. The third-order valence-electron chi connectivity index (χ3n) is 6.98. The fraction of sp³-hybridized carbons (Fsp3) is 0.500. The molecule has 0 aliphatic carbocycles. The molecule has 2 aromatic heterocycles. The first-order valence-corrected chi connectivity index (χ1v) is 11.4. The molecule has 6 nitrogen and oxygen atoms in total. The maximum Gasteiger partial charge on any atom is 0.156 e. The summed E-state index contributed by atoms with van der Waals surface area (Å²) in [6.07, 6.45) is 2.20. The molecule has 0 amide bonds. The first kappa shape index (κ1) is 22.1. The van der Waals surface area contributed by atoms with Gasteiger partial charge in [-0.3, -0.25) is 10.00 Å². The number of aryl methyl sites for hydroxylation is 1. The van der Waals surface area contributed by atoms with Gasteiger partial charge in [0.05, 0.1) is 16.4 Å². The molecule has 0 saturated carbocycles. The van der Waals surface area contributed by atoms with Gasteiger partial charge in [0.2, 0.25) is 0 Å². The van der Waals surface area contributed by atoms with Crippen LogP contribution >= 0.6 is 11.6 Å². The maximum atomic E-state index is 9.75. The molecule has 3 N–H and O–H groups in total. The minimum atomic E-state index is 0.0252. The molecule has 1 aliphatic heterocycles. The second kappa shape index (κ2) is 8.08. The van der Waals surface area contributed by atoms with Crippen molar-refractivity contribution in [3.63, 3.8) is 0 Å². The number of aromatic hydroxyl groups is 1. The Labute approximate surface area is 189 Å². The largest absolute Gasteiger partial charge is 0.508 e. The summed E-state index contributed by atoms with van der Waals surface area (Å²) in [5.74, 6) is 0.144. The monoisotopic (exact) mass is 441 g/mol. The number of halogens is 1. The first-order valence-electron chi connectivity index (χ1n) is 11.0. The Balaban J connectivity index is 1.80. The Morgan fingerprint density at radius 3 is 2.61 bits per heavy atom. The van der Waals surface area contributed by atoms with Gasteiger partial charge < -0.3 is 10.4 Å². The number of hydrogen-bond donors (Lipinski definition) is 3. The van der Waals surface area contributed by atoms with Crippen LogP contribution in [0.15, 0.2) is 24.3 Å². The number of benzene rings is 1. The van der Waals surface area contributed by atoms with Crippen LogP contribution in [0.5, 0.6) is 5.75 Å². The number of aromatic amines is 1. The number of piperazine rings is 1. The van der Waals surface area contributed by atoms with Crippen molar-refractivity contribution >= 4 is 22.6 Å². The van der Waals surface area contributed by atoms with E-state index in [1.54, 1.807) is 12.1 Å². The fourth-order valence-electron chi connectivity index (χ4n) is 4.60. The Hall–Kier alpha value is -2.15. The first-order chi connectivity index (χ1) is 14.7. The van der Waals surface area contributed by atoms with Crippen LogP contribution in [-0.4, -0.2) is 49.4 Å². The lowest BCUT2D eigenvalue weighted by molar-refractivity contribution is 0.0165. The highest BCUT2D eigenvalue weighted by molar-refractivity contribution is 6.33. The molecule has 0 unspecified atom stereocenters. The zero-order valence-corrected chi connectivity index (χ0v) is 19.8. The summed E-state index contributed by atoms with van der Waals surface area (Å²) in [6.45, 7) is 13.9. The van der Waals surface area contributed by atoms with Gasteiger partial charge in [-0.25, -0.2) is 4.98 Å². The van der Waals surface area contributed by atoms with Crippen molar-refractivity contribution < 1.29 is 5.11 Å². The summed E-state index contributed by atoms with van der Waals surface area (Å²) in [4.78, 5) is 7.38. The van der Waals surface area contributed by atoms with E-state index in [1.165, 1.54) is 5.56 Å². The highest BCUT2D eigenvalue weighted by Crippen LogP contribution is 2.35. The van der Waals surface area contributed by atoms with Crippen LogP contribution < -0.4 is 5.32 Å². The fourth-order valence-corrected chi connectivity index (χ4v) is 4.87. The lowest BCUT2D eigenvalue weighted by Crippen LogP contribution is -2.67. The number of hydrogen-bond acceptors (Lipinski definition) is 5. The molecule has 0 spiro atoms. The highest BCUT2D eigenvalue weighted by Gasteiger charge is 2.41. The summed E-state index contributed by atoms with van der Waals surface area (Å²) in [7, 11) is 0. The molecule has 0 atom stereocenters. The van der Waals surface area contributed by atoms with Gasteiger partial charge in [-0.15, -0.1) is 0 Å². The topological polar surface area (TPSA) is 77.1 Å². The molecule has 166 valence electrons. The number of fused-ring (bicyclic) bond motifs is 1. The van der Waals surface area contributed by atoms with Crippen LogP contribution in [0.25, 0.3) is 22.3 Å². The van der Waals surface area contributed by atoms with Crippen molar-refractivity contribution in [3.8, 4) is 17.0 Å². The van der Waals surface area contributed by atoms with Crippen molar-refractivity contribution in [2.24, 2.45) is 0 Å². The number of nitrogens with one attached hydrogen (secondary N) is 2. The van der Waals surface area contributed by atoms with E-state index in [9.17, 15) is 5.11 Å². The minimum Gasteiger partial charge on any atom is -0.508 e. The molecule has 1 aliphatic rings. The molecule has 0 radical (unpaired) electrons. The van der Waals surface area contributed by atoms with Gasteiger partial charge in [-0.05, 0) is 63.4 Å². The SMILES string of the molecule is CCC1(CC)CN(Cc2cc(-c3ccc(O)cc3Cl)nc3[nH]nc(C)c23)C(C)(C)CN1. The molecule has 4 rings (SSSR count). The molecule has 1 fully saturated rings. The zero-order chi connectivity index (χ0) is 22.4.